The van der Waals surface area contributed by atoms with Crippen molar-refractivity contribution >= 4 is 27.1 Å². The average molecular weight is 489 g/mol. The van der Waals surface area contributed by atoms with E-state index in [0.717, 1.165) is 30.6 Å². The van der Waals surface area contributed by atoms with Crippen LogP contribution < -0.4 is 14.4 Å². The summed E-state index contributed by atoms with van der Waals surface area (Å²) in [5, 5.41) is 4.20. The van der Waals surface area contributed by atoms with Gasteiger partial charge in [0.15, 0.2) is 0 Å². The molecule has 182 valence electrons. The van der Waals surface area contributed by atoms with Crippen molar-refractivity contribution in [2.24, 2.45) is 0 Å². The molecule has 0 bridgehead atoms. The molecular formula is C24H29FN4O4S. The van der Waals surface area contributed by atoms with Crippen LogP contribution in [0.15, 0.2) is 42.7 Å². The van der Waals surface area contributed by atoms with Crippen LogP contribution in [0.5, 0.6) is 5.75 Å². The van der Waals surface area contributed by atoms with Gasteiger partial charge >= 0.3 is 0 Å². The minimum absolute atomic E-state index is 0.0961. The number of benzene rings is 1. The highest BCUT2D eigenvalue weighted by Crippen LogP contribution is 2.40. The van der Waals surface area contributed by atoms with Crippen LogP contribution in [0.4, 0.5) is 10.1 Å². The highest BCUT2D eigenvalue weighted by atomic mass is 32.2. The largest absolute Gasteiger partial charge is 0.494 e. The summed E-state index contributed by atoms with van der Waals surface area (Å²) < 4.78 is 47.4. The summed E-state index contributed by atoms with van der Waals surface area (Å²) in [5.41, 5.74) is 2.25. The van der Waals surface area contributed by atoms with E-state index in [-0.39, 0.29) is 17.4 Å². The molecule has 2 aromatic heterocycles. The summed E-state index contributed by atoms with van der Waals surface area (Å²) in [7, 11) is -3.87. The Balaban J connectivity index is 1.70. The fraction of sp³-hybridized carbons (Fsp3) is 0.417. The number of hydrogen-bond donors (Lipinski definition) is 1. The van der Waals surface area contributed by atoms with Crippen LogP contribution in [0.25, 0.3) is 5.52 Å². The first-order valence-corrected chi connectivity index (χ1v) is 12.7. The van der Waals surface area contributed by atoms with Gasteiger partial charge in [0, 0.05) is 24.0 Å². The quantitative estimate of drug-likeness (QED) is 0.562. The zero-order valence-corrected chi connectivity index (χ0v) is 20.5. The summed E-state index contributed by atoms with van der Waals surface area (Å²) in [6, 6.07) is 8.16. The minimum atomic E-state index is -3.87. The number of fused-ring (bicyclic) bond motifs is 1. The van der Waals surface area contributed by atoms with Crippen molar-refractivity contribution in [3.63, 3.8) is 0 Å². The fourth-order valence-electron chi connectivity index (χ4n) is 4.12. The number of ether oxygens (including phenoxy) is 1. The number of carbonyl (C=O) groups excluding carboxylic acids is 1. The number of nitrogens with one attached hydrogen (secondary N) is 1. The van der Waals surface area contributed by atoms with E-state index < -0.39 is 20.7 Å². The molecule has 1 fully saturated rings. The second kappa shape index (κ2) is 8.90. The van der Waals surface area contributed by atoms with Gasteiger partial charge in [0.1, 0.15) is 11.6 Å². The van der Waals surface area contributed by atoms with Crippen molar-refractivity contribution in [3.8, 4) is 5.75 Å². The van der Waals surface area contributed by atoms with Gasteiger partial charge in [0.05, 0.1) is 34.7 Å². The maximum atomic E-state index is 14.1. The Hall–Kier alpha value is -3.14. The molecule has 8 nitrogen and oxygen atoms in total. The first kappa shape index (κ1) is 24.0. The first-order valence-electron chi connectivity index (χ1n) is 11.2. The summed E-state index contributed by atoms with van der Waals surface area (Å²) in [4.78, 5) is 15.0. The molecule has 1 amide bonds. The van der Waals surface area contributed by atoms with E-state index in [0.29, 0.717) is 17.9 Å². The number of amides is 1. The molecule has 1 atom stereocenters. The van der Waals surface area contributed by atoms with Crippen LogP contribution in [-0.2, 0) is 10.0 Å². The summed E-state index contributed by atoms with van der Waals surface area (Å²) in [5.74, 6) is -0.405. The highest BCUT2D eigenvalue weighted by Gasteiger charge is 2.32. The van der Waals surface area contributed by atoms with Crippen molar-refractivity contribution in [3.05, 3.63) is 59.7 Å². The average Bonchev–Trinajstić information content (AvgIpc) is 3.40. The third kappa shape index (κ3) is 4.46. The molecule has 1 aliphatic rings. The van der Waals surface area contributed by atoms with Crippen LogP contribution in [0, 0.1) is 5.82 Å². The van der Waals surface area contributed by atoms with Crippen LogP contribution in [0.3, 0.4) is 0 Å². The number of anilines is 1. The Bertz CT molecular complexity index is 1330. The Kier molecular flexibility index (Phi) is 6.28. The summed E-state index contributed by atoms with van der Waals surface area (Å²) >= 11 is 0. The molecule has 0 radical (unpaired) electrons. The summed E-state index contributed by atoms with van der Waals surface area (Å²) in [6.45, 7) is 7.67. The van der Waals surface area contributed by atoms with Gasteiger partial charge in [-0.1, -0.05) is 0 Å². The topological polar surface area (TPSA) is 93.0 Å². The molecule has 0 aliphatic carbocycles. The minimum Gasteiger partial charge on any atom is -0.494 e. The lowest BCUT2D eigenvalue weighted by molar-refractivity contribution is 0.0982. The molecule has 1 N–H and O–H groups in total. The molecule has 1 aromatic carbocycles. The zero-order valence-electron chi connectivity index (χ0n) is 19.7. The molecule has 4 rings (SSSR count). The van der Waals surface area contributed by atoms with Gasteiger partial charge in [-0.2, -0.15) is 5.10 Å². The lowest BCUT2D eigenvalue weighted by Crippen LogP contribution is -2.42. The van der Waals surface area contributed by atoms with Crippen molar-refractivity contribution < 1.29 is 22.3 Å². The predicted octanol–water partition coefficient (Wildman–Crippen LogP) is 4.07. The van der Waals surface area contributed by atoms with Crippen molar-refractivity contribution in [2.45, 2.75) is 51.3 Å². The number of hydrogen-bond acceptors (Lipinski definition) is 6. The molecule has 10 heteroatoms. The lowest BCUT2D eigenvalue weighted by Gasteiger charge is -2.28. The number of halogens is 1. The van der Waals surface area contributed by atoms with E-state index in [4.69, 9.17) is 4.74 Å². The molecule has 0 spiro atoms. The van der Waals surface area contributed by atoms with Crippen molar-refractivity contribution in [1.29, 1.82) is 0 Å². The van der Waals surface area contributed by atoms with Crippen molar-refractivity contribution in [2.75, 3.05) is 18.1 Å². The Labute approximate surface area is 198 Å². The molecule has 1 saturated heterocycles. The van der Waals surface area contributed by atoms with E-state index in [9.17, 15) is 17.6 Å². The zero-order chi connectivity index (χ0) is 24.7. The lowest BCUT2D eigenvalue weighted by atomic mass is 10.0. The van der Waals surface area contributed by atoms with Gasteiger partial charge in [-0.05, 0) is 70.9 Å². The van der Waals surface area contributed by atoms with Crippen LogP contribution in [0.2, 0.25) is 0 Å². The van der Waals surface area contributed by atoms with Crippen molar-refractivity contribution in [1.82, 2.24) is 14.3 Å². The van der Waals surface area contributed by atoms with Gasteiger partial charge in [0.25, 0.3) is 5.91 Å². The number of nitrogens with zero attached hydrogens (tertiary/aromatic N) is 3. The van der Waals surface area contributed by atoms with Crippen LogP contribution in [-0.4, -0.2) is 41.8 Å². The Morgan fingerprint density at radius 3 is 2.74 bits per heavy atom. The van der Waals surface area contributed by atoms with Gasteiger partial charge in [-0.3, -0.25) is 4.79 Å². The van der Waals surface area contributed by atoms with Gasteiger partial charge in [0.2, 0.25) is 10.0 Å². The maximum Gasteiger partial charge on any atom is 0.268 e. The smallest absolute Gasteiger partial charge is 0.268 e. The van der Waals surface area contributed by atoms with E-state index in [2.05, 4.69) is 14.7 Å². The van der Waals surface area contributed by atoms with Gasteiger partial charge in [-0.15, -0.1) is 0 Å². The van der Waals surface area contributed by atoms with Gasteiger partial charge < -0.3 is 9.64 Å². The first-order chi connectivity index (χ1) is 16.0. The molecule has 34 heavy (non-hydrogen) atoms. The third-order valence-electron chi connectivity index (χ3n) is 6.00. The summed E-state index contributed by atoms with van der Waals surface area (Å²) in [6.07, 6.45) is 4.82. The fourth-order valence-corrected chi connectivity index (χ4v) is 4.78. The Morgan fingerprint density at radius 1 is 1.26 bits per heavy atom. The van der Waals surface area contributed by atoms with Crippen LogP contribution >= 0.6 is 0 Å². The second-order valence-corrected chi connectivity index (χ2v) is 11.7. The highest BCUT2D eigenvalue weighted by molar-refractivity contribution is 7.91. The predicted molar refractivity (Wildman–Crippen MR) is 128 cm³/mol. The van der Waals surface area contributed by atoms with E-state index in [1.165, 1.54) is 43.6 Å². The van der Waals surface area contributed by atoms with E-state index in [1.54, 1.807) is 12.3 Å². The number of sulfonamides is 1. The molecule has 0 unspecified atom stereocenters. The SMILES string of the molecule is CCOc1ccc(F)cc1[C@H]1CCCN1c1ccn2ncc(C(=O)NS(=O)(=O)C(C)(C)C)c2c1. The van der Waals surface area contributed by atoms with E-state index >= 15 is 0 Å². The molecule has 0 saturated carbocycles. The monoisotopic (exact) mass is 488 g/mol. The molecule has 1 aliphatic heterocycles. The molecular weight excluding hydrogens is 459 g/mol. The number of aromatic nitrogens is 2. The molecule has 3 aromatic rings. The number of carbonyl (C=O) groups is 1. The molecule has 3 heterocycles. The van der Waals surface area contributed by atoms with Crippen LogP contribution in [0.1, 0.15) is 62.5 Å². The normalized spacial score (nSPS) is 16.7. The standard InChI is InChI=1S/C24H29FN4O4S/c1-5-33-22-9-8-16(25)13-18(22)20-7-6-11-28(20)17-10-12-29-21(14-17)19(15-26-29)23(30)27-34(31,32)24(2,3)4/h8-10,12-15,20H,5-7,11H2,1-4H3,(H,27,30)/t20-/m1/s1. The second-order valence-electron chi connectivity index (χ2n) is 9.29. The van der Waals surface area contributed by atoms with Gasteiger partial charge in [-0.25, -0.2) is 22.0 Å². The van der Waals surface area contributed by atoms with E-state index in [1.807, 2.05) is 19.1 Å². The number of rotatable bonds is 6. The Morgan fingerprint density at radius 2 is 2.03 bits per heavy atom. The number of pyridine rings is 1. The third-order valence-corrected chi connectivity index (χ3v) is 8.06. The maximum absolute atomic E-state index is 14.1.